The predicted octanol–water partition coefficient (Wildman–Crippen LogP) is 1.95. The number of carbonyl (C=O) groups excluding carboxylic acids is 2. The van der Waals surface area contributed by atoms with Gasteiger partial charge in [0.15, 0.2) is 0 Å². The third-order valence-electron chi connectivity index (χ3n) is 3.71. The molecule has 0 atom stereocenters. The van der Waals surface area contributed by atoms with Gasteiger partial charge in [0, 0.05) is 24.3 Å². The molecule has 1 heterocycles. The highest BCUT2D eigenvalue weighted by molar-refractivity contribution is 5.98. The molecule has 1 saturated carbocycles. The zero-order valence-electron chi connectivity index (χ0n) is 12.8. The van der Waals surface area contributed by atoms with Crippen molar-refractivity contribution in [3.63, 3.8) is 0 Å². The minimum Gasteiger partial charge on any atom is -0.352 e. The SMILES string of the molecule is O=C(NCCc1ccccc1)c1ccnc(C(=O)NC2CC2)c1. The van der Waals surface area contributed by atoms with Crippen LogP contribution in [0.5, 0.6) is 0 Å². The standard InChI is InChI=1S/C18H19N3O2/c22-17(20-10-8-13-4-2-1-3-5-13)14-9-11-19-16(12-14)18(23)21-15-6-7-15/h1-5,9,11-12,15H,6-8,10H2,(H,20,22)(H,21,23). The lowest BCUT2D eigenvalue weighted by atomic mass is 10.1. The van der Waals surface area contributed by atoms with E-state index >= 15 is 0 Å². The zero-order chi connectivity index (χ0) is 16.1. The van der Waals surface area contributed by atoms with E-state index in [1.165, 1.54) is 17.8 Å². The van der Waals surface area contributed by atoms with Crippen molar-refractivity contribution in [2.45, 2.75) is 25.3 Å². The zero-order valence-corrected chi connectivity index (χ0v) is 12.8. The van der Waals surface area contributed by atoms with Crippen LogP contribution in [0.15, 0.2) is 48.7 Å². The lowest BCUT2D eigenvalue weighted by Crippen LogP contribution is -2.28. The molecule has 2 amide bonds. The van der Waals surface area contributed by atoms with Gasteiger partial charge in [-0.25, -0.2) is 0 Å². The number of nitrogens with one attached hydrogen (secondary N) is 2. The summed E-state index contributed by atoms with van der Waals surface area (Å²) in [6.45, 7) is 0.550. The fourth-order valence-electron chi connectivity index (χ4n) is 2.25. The van der Waals surface area contributed by atoms with Crippen LogP contribution in [0.25, 0.3) is 0 Å². The number of aromatic nitrogens is 1. The molecule has 0 unspecified atom stereocenters. The van der Waals surface area contributed by atoms with E-state index in [9.17, 15) is 9.59 Å². The highest BCUT2D eigenvalue weighted by Gasteiger charge is 2.24. The first-order chi connectivity index (χ1) is 11.2. The summed E-state index contributed by atoms with van der Waals surface area (Å²) in [7, 11) is 0. The van der Waals surface area contributed by atoms with Crippen LogP contribution in [-0.2, 0) is 6.42 Å². The van der Waals surface area contributed by atoms with Gasteiger partial charge in [-0.2, -0.15) is 0 Å². The van der Waals surface area contributed by atoms with Crippen LogP contribution in [0.2, 0.25) is 0 Å². The summed E-state index contributed by atoms with van der Waals surface area (Å²) in [5.41, 5.74) is 1.91. The van der Waals surface area contributed by atoms with Gasteiger partial charge in [-0.05, 0) is 37.0 Å². The average molecular weight is 309 g/mol. The van der Waals surface area contributed by atoms with Gasteiger partial charge < -0.3 is 10.6 Å². The van der Waals surface area contributed by atoms with E-state index in [1.54, 1.807) is 6.07 Å². The van der Waals surface area contributed by atoms with Crippen LogP contribution < -0.4 is 10.6 Å². The van der Waals surface area contributed by atoms with Crippen molar-refractivity contribution in [2.75, 3.05) is 6.54 Å². The van der Waals surface area contributed by atoms with Gasteiger partial charge in [0.1, 0.15) is 5.69 Å². The normalized spacial score (nSPS) is 13.4. The smallest absolute Gasteiger partial charge is 0.270 e. The molecule has 1 aromatic carbocycles. The molecule has 2 aromatic rings. The Balaban J connectivity index is 1.55. The van der Waals surface area contributed by atoms with Gasteiger partial charge in [-0.1, -0.05) is 30.3 Å². The number of hydrogen-bond donors (Lipinski definition) is 2. The third-order valence-corrected chi connectivity index (χ3v) is 3.71. The first-order valence-electron chi connectivity index (χ1n) is 7.81. The van der Waals surface area contributed by atoms with Crippen molar-refractivity contribution in [3.8, 4) is 0 Å². The molecule has 1 aliphatic carbocycles. The van der Waals surface area contributed by atoms with Crippen LogP contribution in [0.3, 0.4) is 0 Å². The maximum atomic E-state index is 12.2. The fraction of sp³-hybridized carbons (Fsp3) is 0.278. The van der Waals surface area contributed by atoms with Gasteiger partial charge in [0.2, 0.25) is 0 Å². The van der Waals surface area contributed by atoms with Gasteiger partial charge in [-0.3, -0.25) is 14.6 Å². The van der Waals surface area contributed by atoms with Crippen molar-refractivity contribution in [1.82, 2.24) is 15.6 Å². The fourth-order valence-corrected chi connectivity index (χ4v) is 2.25. The summed E-state index contributed by atoms with van der Waals surface area (Å²) in [5.74, 6) is -0.407. The van der Waals surface area contributed by atoms with E-state index < -0.39 is 0 Å². The Morgan fingerprint density at radius 1 is 1.09 bits per heavy atom. The van der Waals surface area contributed by atoms with Crippen molar-refractivity contribution < 1.29 is 9.59 Å². The molecule has 1 fully saturated rings. The molecule has 5 heteroatoms. The minimum atomic E-state index is -0.216. The molecule has 2 N–H and O–H groups in total. The van der Waals surface area contributed by atoms with Crippen molar-refractivity contribution in [2.24, 2.45) is 0 Å². The number of hydrogen-bond acceptors (Lipinski definition) is 3. The number of amides is 2. The Bertz CT molecular complexity index is 696. The largest absolute Gasteiger partial charge is 0.352 e. The summed E-state index contributed by atoms with van der Waals surface area (Å²) in [6, 6.07) is 13.4. The average Bonchev–Trinajstić information content (AvgIpc) is 3.40. The molecule has 118 valence electrons. The van der Waals surface area contributed by atoms with E-state index in [0.29, 0.717) is 12.1 Å². The van der Waals surface area contributed by atoms with Crippen molar-refractivity contribution in [3.05, 3.63) is 65.5 Å². The van der Waals surface area contributed by atoms with Gasteiger partial charge in [-0.15, -0.1) is 0 Å². The molecule has 0 aliphatic heterocycles. The van der Waals surface area contributed by atoms with Crippen LogP contribution in [0.4, 0.5) is 0 Å². The number of rotatable bonds is 6. The molecule has 1 aliphatic rings. The molecule has 0 bridgehead atoms. The van der Waals surface area contributed by atoms with E-state index in [1.807, 2.05) is 30.3 Å². The molecule has 0 saturated heterocycles. The molecule has 0 radical (unpaired) electrons. The number of pyridine rings is 1. The quantitative estimate of drug-likeness (QED) is 0.857. The number of nitrogens with zero attached hydrogens (tertiary/aromatic N) is 1. The van der Waals surface area contributed by atoms with Gasteiger partial charge >= 0.3 is 0 Å². The molecule has 0 spiro atoms. The van der Waals surface area contributed by atoms with Crippen LogP contribution in [0.1, 0.15) is 39.3 Å². The Kier molecular flexibility index (Phi) is 4.66. The number of benzene rings is 1. The summed E-state index contributed by atoms with van der Waals surface area (Å²) in [6.07, 6.45) is 4.30. The second-order valence-corrected chi connectivity index (χ2v) is 5.67. The summed E-state index contributed by atoms with van der Waals surface area (Å²) in [5, 5.41) is 5.74. The second kappa shape index (κ2) is 7.05. The van der Waals surface area contributed by atoms with Gasteiger partial charge in [0.05, 0.1) is 0 Å². The monoisotopic (exact) mass is 309 g/mol. The molecule has 5 nitrogen and oxygen atoms in total. The molecule has 3 rings (SSSR count). The summed E-state index contributed by atoms with van der Waals surface area (Å²) < 4.78 is 0. The molecular formula is C18H19N3O2. The number of carbonyl (C=O) groups is 2. The highest BCUT2D eigenvalue weighted by atomic mass is 16.2. The lowest BCUT2D eigenvalue weighted by molar-refractivity contribution is 0.0946. The Labute approximate surface area is 135 Å². The second-order valence-electron chi connectivity index (χ2n) is 5.67. The summed E-state index contributed by atoms with van der Waals surface area (Å²) in [4.78, 5) is 28.2. The van der Waals surface area contributed by atoms with E-state index in [4.69, 9.17) is 0 Å². The molecular weight excluding hydrogens is 290 g/mol. The predicted molar refractivity (Wildman–Crippen MR) is 87.2 cm³/mol. The molecule has 1 aromatic heterocycles. The van der Waals surface area contributed by atoms with E-state index in [2.05, 4.69) is 15.6 Å². The highest BCUT2D eigenvalue weighted by Crippen LogP contribution is 2.19. The lowest BCUT2D eigenvalue weighted by Gasteiger charge is -2.07. The first-order valence-corrected chi connectivity index (χ1v) is 7.81. The Morgan fingerprint density at radius 3 is 2.61 bits per heavy atom. The summed E-state index contributed by atoms with van der Waals surface area (Å²) >= 11 is 0. The Morgan fingerprint density at radius 2 is 1.87 bits per heavy atom. The van der Waals surface area contributed by atoms with Crippen molar-refractivity contribution >= 4 is 11.8 Å². The Hall–Kier alpha value is -2.69. The first kappa shape index (κ1) is 15.2. The molecule has 23 heavy (non-hydrogen) atoms. The van der Waals surface area contributed by atoms with Gasteiger partial charge in [0.25, 0.3) is 11.8 Å². The van der Waals surface area contributed by atoms with Crippen molar-refractivity contribution in [1.29, 1.82) is 0 Å². The van der Waals surface area contributed by atoms with Crippen LogP contribution >= 0.6 is 0 Å². The minimum absolute atomic E-state index is 0.191. The van der Waals surface area contributed by atoms with Crippen LogP contribution in [-0.4, -0.2) is 29.4 Å². The third kappa shape index (κ3) is 4.39. The van der Waals surface area contributed by atoms with E-state index in [0.717, 1.165) is 19.3 Å². The topological polar surface area (TPSA) is 71.1 Å². The maximum Gasteiger partial charge on any atom is 0.270 e. The van der Waals surface area contributed by atoms with E-state index in [-0.39, 0.29) is 23.6 Å². The maximum absolute atomic E-state index is 12.2. The van der Waals surface area contributed by atoms with Crippen LogP contribution in [0, 0.1) is 0 Å².